The second kappa shape index (κ2) is 5.03. The molecule has 0 fully saturated rings. The molecule has 1 aromatic heterocycles. The van der Waals surface area contributed by atoms with E-state index in [4.69, 9.17) is 10.2 Å². The predicted octanol–water partition coefficient (Wildman–Crippen LogP) is 3.05. The van der Waals surface area contributed by atoms with E-state index in [1.54, 1.807) is 12.1 Å². The van der Waals surface area contributed by atoms with Gasteiger partial charge in [0.2, 0.25) is 0 Å². The van der Waals surface area contributed by atoms with Crippen molar-refractivity contribution in [2.24, 2.45) is 5.73 Å². The number of hydrogen-bond donors (Lipinski definition) is 1. The van der Waals surface area contributed by atoms with Crippen molar-refractivity contribution >= 4 is 11.0 Å². The van der Waals surface area contributed by atoms with Crippen molar-refractivity contribution < 1.29 is 8.81 Å². The van der Waals surface area contributed by atoms with E-state index in [2.05, 4.69) is 18.8 Å². The van der Waals surface area contributed by atoms with E-state index in [-0.39, 0.29) is 11.9 Å². The van der Waals surface area contributed by atoms with E-state index >= 15 is 0 Å². The van der Waals surface area contributed by atoms with Crippen LogP contribution in [0.1, 0.15) is 25.5 Å². The summed E-state index contributed by atoms with van der Waals surface area (Å²) in [7, 11) is 0. The number of halogens is 1. The molecule has 0 aliphatic heterocycles. The lowest BCUT2D eigenvalue weighted by Gasteiger charge is -1.97. The highest BCUT2D eigenvalue weighted by Crippen LogP contribution is 2.19. The third-order valence-corrected chi connectivity index (χ3v) is 2.46. The highest BCUT2D eigenvalue weighted by molar-refractivity contribution is 5.78. The molecule has 2 aromatic rings. The van der Waals surface area contributed by atoms with Crippen LogP contribution in [-0.2, 0) is 0 Å². The number of fused-ring (bicyclic) bond motifs is 1. The molecule has 2 rings (SSSR count). The van der Waals surface area contributed by atoms with Crippen LogP contribution in [0.2, 0.25) is 0 Å². The lowest BCUT2D eigenvalue weighted by molar-refractivity contribution is 0.597. The molecule has 3 heteroatoms. The Hall–Kier alpha value is -1.79. The first-order chi connectivity index (χ1) is 8.19. The molecule has 1 heterocycles. The van der Waals surface area contributed by atoms with Gasteiger partial charge in [-0.05, 0) is 30.5 Å². The molecule has 0 aliphatic carbocycles. The van der Waals surface area contributed by atoms with Crippen molar-refractivity contribution in [1.82, 2.24) is 0 Å². The summed E-state index contributed by atoms with van der Waals surface area (Å²) in [4.78, 5) is 0. The summed E-state index contributed by atoms with van der Waals surface area (Å²) in [6.45, 7) is 2.06. The van der Waals surface area contributed by atoms with E-state index in [9.17, 15) is 4.39 Å². The maximum Gasteiger partial charge on any atom is 0.178 e. The Morgan fingerprint density at radius 2 is 2.24 bits per heavy atom. The fraction of sp³-hybridized carbons (Fsp3) is 0.286. The van der Waals surface area contributed by atoms with Crippen LogP contribution in [0.25, 0.3) is 11.0 Å². The van der Waals surface area contributed by atoms with E-state index in [1.807, 2.05) is 0 Å². The first-order valence-corrected chi connectivity index (χ1v) is 5.65. The van der Waals surface area contributed by atoms with Gasteiger partial charge in [-0.3, -0.25) is 0 Å². The van der Waals surface area contributed by atoms with Gasteiger partial charge in [-0.1, -0.05) is 19.3 Å². The second-order valence-electron chi connectivity index (χ2n) is 3.96. The normalized spacial score (nSPS) is 12.2. The number of rotatable bonds is 2. The van der Waals surface area contributed by atoms with Crippen molar-refractivity contribution in [1.29, 1.82) is 0 Å². The molecule has 1 atom stereocenters. The van der Waals surface area contributed by atoms with Crippen LogP contribution in [0.3, 0.4) is 0 Å². The summed E-state index contributed by atoms with van der Waals surface area (Å²) in [6.07, 6.45) is 1.86. The highest BCUT2D eigenvalue weighted by Gasteiger charge is 2.02. The standard InChI is InChI=1S/C14H14FNO/c1-2-3-12(16)5-6-13-9-10-8-11(15)4-7-14(10)17-13/h4,7-9,12H,2-3,16H2,1H3. The minimum atomic E-state index is -0.277. The van der Waals surface area contributed by atoms with Crippen LogP contribution in [0.4, 0.5) is 4.39 Å². The average Bonchev–Trinajstić information content (AvgIpc) is 2.68. The topological polar surface area (TPSA) is 39.2 Å². The zero-order chi connectivity index (χ0) is 12.3. The molecule has 0 amide bonds. The minimum Gasteiger partial charge on any atom is -0.448 e. The van der Waals surface area contributed by atoms with Gasteiger partial charge in [-0.2, -0.15) is 0 Å². The van der Waals surface area contributed by atoms with Gasteiger partial charge in [0.25, 0.3) is 0 Å². The van der Waals surface area contributed by atoms with Crippen LogP contribution in [-0.4, -0.2) is 6.04 Å². The molecule has 1 aromatic carbocycles. The lowest BCUT2D eigenvalue weighted by atomic mass is 10.2. The number of benzene rings is 1. The van der Waals surface area contributed by atoms with Crippen LogP contribution in [0.15, 0.2) is 28.7 Å². The van der Waals surface area contributed by atoms with Crippen LogP contribution >= 0.6 is 0 Å². The Labute approximate surface area is 99.6 Å². The average molecular weight is 231 g/mol. The second-order valence-corrected chi connectivity index (χ2v) is 3.96. The predicted molar refractivity (Wildman–Crippen MR) is 65.9 cm³/mol. The summed E-state index contributed by atoms with van der Waals surface area (Å²) in [5, 5.41) is 0.721. The van der Waals surface area contributed by atoms with Gasteiger partial charge in [0.1, 0.15) is 11.4 Å². The summed E-state index contributed by atoms with van der Waals surface area (Å²) in [5.74, 6) is 6.04. The monoisotopic (exact) mass is 231 g/mol. The Morgan fingerprint density at radius 3 is 3.00 bits per heavy atom. The van der Waals surface area contributed by atoms with Crippen molar-refractivity contribution in [3.8, 4) is 11.8 Å². The van der Waals surface area contributed by atoms with Crippen molar-refractivity contribution in [2.75, 3.05) is 0 Å². The third kappa shape index (κ3) is 2.86. The van der Waals surface area contributed by atoms with E-state index in [0.717, 1.165) is 18.2 Å². The molecular formula is C14H14FNO. The van der Waals surface area contributed by atoms with Gasteiger partial charge in [-0.25, -0.2) is 4.39 Å². The zero-order valence-electron chi connectivity index (χ0n) is 9.66. The molecule has 0 spiro atoms. The summed E-state index contributed by atoms with van der Waals surface area (Å²) >= 11 is 0. The van der Waals surface area contributed by atoms with Gasteiger partial charge in [0.05, 0.1) is 6.04 Å². The molecule has 2 N–H and O–H groups in total. The fourth-order valence-electron chi connectivity index (χ4n) is 1.62. The maximum atomic E-state index is 13.0. The summed E-state index contributed by atoms with van der Waals surface area (Å²) in [6, 6.07) is 5.98. The molecule has 0 aliphatic rings. The number of hydrogen-bond acceptors (Lipinski definition) is 2. The number of nitrogens with two attached hydrogens (primary N) is 1. The fourth-order valence-corrected chi connectivity index (χ4v) is 1.62. The van der Waals surface area contributed by atoms with Crippen molar-refractivity contribution in [3.05, 3.63) is 35.8 Å². The van der Waals surface area contributed by atoms with Gasteiger partial charge in [0, 0.05) is 11.5 Å². The summed E-state index contributed by atoms with van der Waals surface area (Å²) < 4.78 is 18.4. The summed E-state index contributed by atoms with van der Waals surface area (Å²) in [5.41, 5.74) is 6.41. The highest BCUT2D eigenvalue weighted by atomic mass is 19.1. The smallest absolute Gasteiger partial charge is 0.178 e. The first kappa shape index (κ1) is 11.7. The largest absolute Gasteiger partial charge is 0.448 e. The van der Waals surface area contributed by atoms with Gasteiger partial charge >= 0.3 is 0 Å². The number of furan rings is 1. The van der Waals surface area contributed by atoms with Crippen molar-refractivity contribution in [2.45, 2.75) is 25.8 Å². The lowest BCUT2D eigenvalue weighted by Crippen LogP contribution is -2.16. The molecule has 0 saturated carbocycles. The Kier molecular flexibility index (Phi) is 3.46. The van der Waals surface area contributed by atoms with Crippen LogP contribution in [0, 0.1) is 17.7 Å². The molecule has 0 radical (unpaired) electrons. The van der Waals surface area contributed by atoms with Crippen LogP contribution in [0.5, 0.6) is 0 Å². The Bertz CT molecular complexity index is 577. The first-order valence-electron chi connectivity index (χ1n) is 5.65. The Morgan fingerprint density at radius 1 is 1.41 bits per heavy atom. The van der Waals surface area contributed by atoms with E-state index in [1.165, 1.54) is 12.1 Å². The molecule has 0 bridgehead atoms. The minimum absolute atomic E-state index is 0.134. The van der Waals surface area contributed by atoms with E-state index in [0.29, 0.717) is 11.3 Å². The van der Waals surface area contributed by atoms with Gasteiger partial charge in [-0.15, -0.1) is 0 Å². The molecule has 17 heavy (non-hydrogen) atoms. The molecule has 0 saturated heterocycles. The van der Waals surface area contributed by atoms with Crippen LogP contribution < -0.4 is 5.73 Å². The maximum absolute atomic E-state index is 13.0. The third-order valence-electron chi connectivity index (χ3n) is 2.46. The van der Waals surface area contributed by atoms with E-state index < -0.39 is 0 Å². The molecule has 2 nitrogen and oxygen atoms in total. The van der Waals surface area contributed by atoms with Crippen molar-refractivity contribution in [3.63, 3.8) is 0 Å². The van der Waals surface area contributed by atoms with Gasteiger partial charge in [0.15, 0.2) is 5.76 Å². The SMILES string of the molecule is CCCC(N)C#Cc1cc2cc(F)ccc2o1. The Balaban J connectivity index is 2.25. The quantitative estimate of drug-likeness (QED) is 0.807. The zero-order valence-corrected chi connectivity index (χ0v) is 9.66. The molecule has 1 unspecified atom stereocenters. The molecular weight excluding hydrogens is 217 g/mol. The van der Waals surface area contributed by atoms with Gasteiger partial charge < -0.3 is 10.2 Å². The molecule has 88 valence electrons.